The Labute approximate surface area is 158 Å². The molecule has 0 heterocycles. The van der Waals surface area contributed by atoms with Crippen molar-refractivity contribution in [2.24, 2.45) is 0 Å². The van der Waals surface area contributed by atoms with Crippen LogP contribution in [-0.2, 0) is 9.59 Å². The molecule has 0 aliphatic rings. The Kier molecular flexibility index (Phi) is 7.62. The average Bonchev–Trinajstić information content (AvgIpc) is 2.56. The molecule has 0 fully saturated rings. The van der Waals surface area contributed by atoms with E-state index in [-0.39, 0.29) is 11.8 Å². The van der Waals surface area contributed by atoms with Gasteiger partial charge in [0.25, 0.3) is 0 Å². The summed E-state index contributed by atoms with van der Waals surface area (Å²) in [5.74, 6) is 0.650. The number of amides is 2. The second-order valence-electron chi connectivity index (χ2n) is 4.89. The standard InChI is InChI=1S/C17H16BrClN2O2S/c18-12-5-7-13(8-6-12)20-17(23)11-24-10-9-16(22)21-15-4-2-1-3-14(15)19/h1-8H,9-11H2,(H,20,23)(H,21,22). The number of thioether (sulfide) groups is 1. The Bertz CT molecular complexity index is 710. The van der Waals surface area contributed by atoms with Crippen molar-refractivity contribution in [1.82, 2.24) is 0 Å². The van der Waals surface area contributed by atoms with Crippen molar-refractivity contribution in [3.8, 4) is 0 Å². The topological polar surface area (TPSA) is 58.2 Å². The summed E-state index contributed by atoms with van der Waals surface area (Å²) in [5, 5.41) is 6.07. The Balaban J connectivity index is 1.65. The number of hydrogen-bond donors (Lipinski definition) is 2. The SMILES string of the molecule is O=C(CSCCC(=O)Nc1ccccc1Cl)Nc1ccc(Br)cc1. The van der Waals surface area contributed by atoms with Gasteiger partial charge in [0.1, 0.15) is 0 Å². The predicted molar refractivity (Wildman–Crippen MR) is 105 cm³/mol. The van der Waals surface area contributed by atoms with Gasteiger partial charge in [-0.3, -0.25) is 9.59 Å². The summed E-state index contributed by atoms with van der Waals surface area (Å²) in [4.78, 5) is 23.7. The zero-order valence-electron chi connectivity index (χ0n) is 12.7. The maximum atomic E-state index is 11.8. The normalized spacial score (nSPS) is 10.2. The van der Waals surface area contributed by atoms with Crippen LogP contribution >= 0.6 is 39.3 Å². The smallest absolute Gasteiger partial charge is 0.234 e. The van der Waals surface area contributed by atoms with Gasteiger partial charge in [0.2, 0.25) is 11.8 Å². The first-order valence-electron chi connectivity index (χ1n) is 7.22. The maximum Gasteiger partial charge on any atom is 0.234 e. The number of hydrogen-bond acceptors (Lipinski definition) is 3. The molecule has 0 saturated heterocycles. The molecule has 0 saturated carbocycles. The van der Waals surface area contributed by atoms with Gasteiger partial charge in [-0.1, -0.05) is 39.7 Å². The van der Waals surface area contributed by atoms with Gasteiger partial charge in [-0.15, -0.1) is 0 Å². The lowest BCUT2D eigenvalue weighted by Gasteiger charge is -2.07. The molecular formula is C17H16BrClN2O2S. The third-order valence-electron chi connectivity index (χ3n) is 2.98. The Morgan fingerprint density at radius 3 is 2.42 bits per heavy atom. The number of nitrogens with one attached hydrogen (secondary N) is 2. The fourth-order valence-corrected chi connectivity index (χ4v) is 3.01. The van der Waals surface area contributed by atoms with Gasteiger partial charge in [-0.25, -0.2) is 0 Å². The Morgan fingerprint density at radius 2 is 1.71 bits per heavy atom. The van der Waals surface area contributed by atoms with E-state index in [4.69, 9.17) is 11.6 Å². The number of carbonyl (C=O) groups excluding carboxylic acids is 2. The van der Waals surface area contributed by atoms with Crippen molar-refractivity contribution in [3.05, 3.63) is 58.0 Å². The minimum atomic E-state index is -0.121. The highest BCUT2D eigenvalue weighted by Crippen LogP contribution is 2.20. The summed E-state index contributed by atoms with van der Waals surface area (Å²) in [6, 6.07) is 14.5. The monoisotopic (exact) mass is 426 g/mol. The molecular weight excluding hydrogens is 412 g/mol. The van der Waals surface area contributed by atoms with Gasteiger partial charge in [0.15, 0.2) is 0 Å². The molecule has 0 atom stereocenters. The number of anilines is 2. The highest BCUT2D eigenvalue weighted by atomic mass is 79.9. The second kappa shape index (κ2) is 9.71. The van der Waals surface area contributed by atoms with Gasteiger partial charge < -0.3 is 10.6 Å². The van der Waals surface area contributed by atoms with Crippen LogP contribution in [-0.4, -0.2) is 23.3 Å². The quantitative estimate of drug-likeness (QED) is 0.624. The minimum absolute atomic E-state index is 0.0890. The van der Waals surface area contributed by atoms with Gasteiger partial charge in [-0.2, -0.15) is 11.8 Å². The van der Waals surface area contributed by atoms with E-state index in [0.717, 1.165) is 10.2 Å². The van der Waals surface area contributed by atoms with Crippen molar-refractivity contribution in [2.45, 2.75) is 6.42 Å². The van der Waals surface area contributed by atoms with Gasteiger partial charge in [-0.05, 0) is 36.4 Å². The molecule has 0 aromatic heterocycles. The van der Waals surface area contributed by atoms with Crippen molar-refractivity contribution < 1.29 is 9.59 Å². The molecule has 2 rings (SSSR count). The third kappa shape index (κ3) is 6.55. The van der Waals surface area contributed by atoms with Crippen LogP contribution in [0.4, 0.5) is 11.4 Å². The van der Waals surface area contributed by atoms with Crippen molar-refractivity contribution in [2.75, 3.05) is 22.1 Å². The van der Waals surface area contributed by atoms with Gasteiger partial charge >= 0.3 is 0 Å². The largest absolute Gasteiger partial charge is 0.325 e. The lowest BCUT2D eigenvalue weighted by atomic mass is 10.3. The Morgan fingerprint density at radius 1 is 1.00 bits per heavy atom. The molecule has 0 radical (unpaired) electrons. The molecule has 2 amide bonds. The van der Waals surface area contributed by atoms with Crippen LogP contribution in [0.3, 0.4) is 0 Å². The summed E-state index contributed by atoms with van der Waals surface area (Å²) in [5.41, 5.74) is 1.35. The van der Waals surface area contributed by atoms with Crippen LogP contribution < -0.4 is 10.6 Å². The number of benzene rings is 2. The summed E-state index contributed by atoms with van der Waals surface area (Å²) >= 11 is 10.7. The molecule has 24 heavy (non-hydrogen) atoms. The lowest BCUT2D eigenvalue weighted by molar-refractivity contribution is -0.116. The first-order chi connectivity index (χ1) is 11.5. The molecule has 2 aromatic carbocycles. The van der Waals surface area contributed by atoms with Gasteiger partial charge in [0, 0.05) is 22.3 Å². The van der Waals surface area contributed by atoms with E-state index >= 15 is 0 Å². The summed E-state index contributed by atoms with van der Waals surface area (Å²) in [6.07, 6.45) is 0.321. The molecule has 4 nitrogen and oxygen atoms in total. The fourth-order valence-electron chi connectivity index (χ4n) is 1.84. The number of halogens is 2. The zero-order chi connectivity index (χ0) is 17.4. The minimum Gasteiger partial charge on any atom is -0.325 e. The van der Waals surface area contributed by atoms with E-state index in [9.17, 15) is 9.59 Å². The van der Waals surface area contributed by atoms with Crippen molar-refractivity contribution in [1.29, 1.82) is 0 Å². The highest BCUT2D eigenvalue weighted by Gasteiger charge is 2.07. The van der Waals surface area contributed by atoms with Crippen molar-refractivity contribution >= 4 is 62.5 Å². The summed E-state index contributed by atoms with van der Waals surface area (Å²) in [7, 11) is 0. The molecule has 0 aliphatic carbocycles. The first-order valence-corrected chi connectivity index (χ1v) is 9.55. The van der Waals surface area contributed by atoms with E-state index in [1.807, 2.05) is 30.3 Å². The summed E-state index contributed by atoms with van der Waals surface area (Å²) in [6.45, 7) is 0. The Hall–Kier alpha value is -1.50. The zero-order valence-corrected chi connectivity index (χ0v) is 15.9. The maximum absolute atomic E-state index is 11.8. The molecule has 0 spiro atoms. The van der Waals surface area contributed by atoms with E-state index in [1.54, 1.807) is 18.2 Å². The van der Waals surface area contributed by atoms with Crippen LogP contribution in [0.1, 0.15) is 6.42 Å². The van der Waals surface area contributed by atoms with E-state index in [2.05, 4.69) is 26.6 Å². The number of para-hydroxylation sites is 1. The van der Waals surface area contributed by atoms with Crippen LogP contribution in [0.15, 0.2) is 53.0 Å². The molecule has 2 N–H and O–H groups in total. The van der Waals surface area contributed by atoms with Crippen LogP contribution in [0.2, 0.25) is 5.02 Å². The van der Waals surface area contributed by atoms with Crippen LogP contribution in [0, 0.1) is 0 Å². The predicted octanol–water partition coefficient (Wildman–Crippen LogP) is 4.80. The molecule has 7 heteroatoms. The molecule has 2 aromatic rings. The lowest BCUT2D eigenvalue weighted by Crippen LogP contribution is -2.16. The molecule has 0 unspecified atom stereocenters. The van der Waals surface area contributed by atoms with E-state index < -0.39 is 0 Å². The second-order valence-corrected chi connectivity index (χ2v) is 7.31. The van der Waals surface area contributed by atoms with E-state index in [0.29, 0.717) is 28.6 Å². The third-order valence-corrected chi connectivity index (χ3v) is 4.80. The van der Waals surface area contributed by atoms with Crippen LogP contribution in [0.25, 0.3) is 0 Å². The molecule has 0 aliphatic heterocycles. The number of rotatable bonds is 7. The van der Waals surface area contributed by atoms with E-state index in [1.165, 1.54) is 11.8 Å². The number of carbonyl (C=O) groups is 2. The van der Waals surface area contributed by atoms with Crippen LogP contribution in [0.5, 0.6) is 0 Å². The highest BCUT2D eigenvalue weighted by molar-refractivity contribution is 9.10. The molecule has 126 valence electrons. The van der Waals surface area contributed by atoms with Crippen molar-refractivity contribution in [3.63, 3.8) is 0 Å². The fraction of sp³-hybridized carbons (Fsp3) is 0.176. The first kappa shape index (κ1) is 18.8. The summed E-state index contributed by atoms with van der Waals surface area (Å²) < 4.78 is 0.958. The van der Waals surface area contributed by atoms with Gasteiger partial charge in [0.05, 0.1) is 16.5 Å². The molecule has 0 bridgehead atoms. The average molecular weight is 428 g/mol.